The first-order valence-electron chi connectivity index (χ1n) is 8.94. The van der Waals surface area contributed by atoms with Gasteiger partial charge in [-0.2, -0.15) is 4.31 Å². The minimum absolute atomic E-state index is 0.00434. The van der Waals surface area contributed by atoms with Crippen LogP contribution < -0.4 is 0 Å². The molecule has 0 saturated carbocycles. The van der Waals surface area contributed by atoms with E-state index in [0.717, 1.165) is 5.56 Å². The summed E-state index contributed by atoms with van der Waals surface area (Å²) in [5, 5.41) is 0. The summed E-state index contributed by atoms with van der Waals surface area (Å²) in [5.41, 5.74) is 0.936. The lowest BCUT2D eigenvalue weighted by Crippen LogP contribution is -2.41. The van der Waals surface area contributed by atoms with Crippen LogP contribution >= 0.6 is 0 Å². The highest BCUT2D eigenvalue weighted by Gasteiger charge is 2.49. The third-order valence-corrected chi connectivity index (χ3v) is 6.93. The molecular weight excluding hydrogens is 386 g/mol. The Morgan fingerprint density at radius 3 is 2.36 bits per heavy atom. The summed E-state index contributed by atoms with van der Waals surface area (Å²) >= 11 is 0. The summed E-state index contributed by atoms with van der Waals surface area (Å²) in [6, 6.07) is 5.82. The molecule has 1 aromatic rings. The minimum Gasteiger partial charge on any atom is -0.469 e. The molecule has 156 valence electrons. The molecule has 28 heavy (non-hydrogen) atoms. The summed E-state index contributed by atoms with van der Waals surface area (Å²) in [6.07, 6.45) is -0.0678. The van der Waals surface area contributed by atoms with Gasteiger partial charge in [0.1, 0.15) is 12.6 Å². The van der Waals surface area contributed by atoms with Crippen LogP contribution in [0.15, 0.2) is 29.2 Å². The Balaban J connectivity index is 2.42. The van der Waals surface area contributed by atoms with Crippen LogP contribution in [-0.4, -0.2) is 64.7 Å². The summed E-state index contributed by atoms with van der Waals surface area (Å²) < 4.78 is 42.9. The molecule has 0 spiro atoms. The molecule has 8 nitrogen and oxygen atoms in total. The Labute approximate surface area is 165 Å². The molecule has 0 unspecified atom stereocenters. The predicted octanol–water partition coefficient (Wildman–Crippen LogP) is 1.37. The molecule has 1 heterocycles. The number of ketones is 1. The van der Waals surface area contributed by atoms with E-state index in [0.29, 0.717) is 0 Å². The van der Waals surface area contributed by atoms with Gasteiger partial charge in [-0.25, -0.2) is 8.42 Å². The first-order chi connectivity index (χ1) is 13.2. The first-order valence-corrected chi connectivity index (χ1v) is 10.4. The van der Waals surface area contributed by atoms with Crippen molar-refractivity contribution in [3.8, 4) is 0 Å². The lowest BCUT2D eigenvalue weighted by Gasteiger charge is -2.27. The van der Waals surface area contributed by atoms with E-state index in [9.17, 15) is 18.0 Å². The van der Waals surface area contributed by atoms with Crippen molar-refractivity contribution in [1.29, 1.82) is 0 Å². The number of sulfonamides is 1. The standard InChI is InChI=1S/C19H27NO7S/c1-13-5-7-15(8-6-13)28(23,24)20-10-17(14(2)21)16(9-19(22)26-4)18(20)11-27-12-25-3/h5-8,16-18H,9-12H2,1-4H3/t16-,17+,18+/m0/s1. The van der Waals surface area contributed by atoms with Crippen LogP contribution in [0.25, 0.3) is 0 Å². The van der Waals surface area contributed by atoms with Gasteiger partial charge in [0.05, 0.1) is 31.1 Å². The summed E-state index contributed by atoms with van der Waals surface area (Å²) in [7, 11) is -1.16. The zero-order chi connectivity index (χ0) is 20.9. The number of benzene rings is 1. The van der Waals surface area contributed by atoms with Crippen LogP contribution in [0.5, 0.6) is 0 Å². The average Bonchev–Trinajstić information content (AvgIpc) is 3.01. The highest BCUT2D eigenvalue weighted by molar-refractivity contribution is 7.89. The molecule has 0 aliphatic carbocycles. The number of methoxy groups -OCH3 is 2. The molecule has 0 bridgehead atoms. The minimum atomic E-state index is -3.88. The van der Waals surface area contributed by atoms with E-state index in [-0.39, 0.29) is 37.0 Å². The van der Waals surface area contributed by atoms with Crippen LogP contribution in [-0.2, 0) is 33.8 Å². The smallest absolute Gasteiger partial charge is 0.305 e. The van der Waals surface area contributed by atoms with E-state index in [1.807, 2.05) is 6.92 Å². The molecule has 0 radical (unpaired) electrons. The van der Waals surface area contributed by atoms with E-state index >= 15 is 0 Å². The lowest BCUT2D eigenvalue weighted by atomic mass is 9.85. The van der Waals surface area contributed by atoms with E-state index in [1.54, 1.807) is 12.1 Å². The lowest BCUT2D eigenvalue weighted by molar-refractivity contribution is -0.142. The highest BCUT2D eigenvalue weighted by atomic mass is 32.2. The normalized spacial score (nSPS) is 22.9. The molecule has 3 atom stereocenters. The molecule has 1 fully saturated rings. The molecule has 1 aromatic carbocycles. The first kappa shape index (κ1) is 22.5. The maximum Gasteiger partial charge on any atom is 0.305 e. The Kier molecular flexibility index (Phi) is 7.70. The van der Waals surface area contributed by atoms with E-state index in [1.165, 1.54) is 37.6 Å². The quantitative estimate of drug-likeness (QED) is 0.342. The second-order valence-electron chi connectivity index (χ2n) is 6.89. The molecule has 0 N–H and O–H groups in total. The van der Waals surface area contributed by atoms with Gasteiger partial charge in [-0.15, -0.1) is 0 Å². The molecule has 1 saturated heterocycles. The van der Waals surface area contributed by atoms with Crippen molar-refractivity contribution in [2.75, 3.05) is 34.2 Å². The second-order valence-corrected chi connectivity index (χ2v) is 8.78. The Morgan fingerprint density at radius 1 is 1.18 bits per heavy atom. The fourth-order valence-corrected chi connectivity index (χ4v) is 5.19. The van der Waals surface area contributed by atoms with Crippen LogP contribution in [0.1, 0.15) is 18.9 Å². The number of hydrogen-bond acceptors (Lipinski definition) is 7. The third kappa shape index (κ3) is 4.96. The van der Waals surface area contributed by atoms with Crippen LogP contribution in [0.4, 0.5) is 0 Å². The second kappa shape index (κ2) is 9.60. The van der Waals surface area contributed by atoms with Gasteiger partial charge in [0.25, 0.3) is 0 Å². The largest absolute Gasteiger partial charge is 0.469 e. The van der Waals surface area contributed by atoms with Gasteiger partial charge in [-0.1, -0.05) is 17.7 Å². The zero-order valence-electron chi connectivity index (χ0n) is 16.6. The zero-order valence-corrected chi connectivity index (χ0v) is 17.4. The van der Waals surface area contributed by atoms with Gasteiger partial charge in [-0.3, -0.25) is 9.59 Å². The summed E-state index contributed by atoms with van der Waals surface area (Å²) in [5.74, 6) is -1.83. The molecule has 2 rings (SSSR count). The van der Waals surface area contributed by atoms with E-state index in [4.69, 9.17) is 14.2 Å². The van der Waals surface area contributed by atoms with Crippen molar-refractivity contribution < 1.29 is 32.2 Å². The number of hydrogen-bond donors (Lipinski definition) is 0. The molecular formula is C19H27NO7S. The van der Waals surface area contributed by atoms with Crippen molar-refractivity contribution in [3.05, 3.63) is 29.8 Å². The fraction of sp³-hybridized carbons (Fsp3) is 0.579. The SMILES string of the molecule is COCOC[C@@H]1[C@@H](CC(=O)OC)[C@@H](C(C)=O)CN1S(=O)(=O)c1ccc(C)cc1. The van der Waals surface area contributed by atoms with Crippen molar-refractivity contribution >= 4 is 21.8 Å². The number of rotatable bonds is 9. The monoisotopic (exact) mass is 413 g/mol. The molecule has 9 heteroatoms. The summed E-state index contributed by atoms with van der Waals surface area (Å²) in [6.45, 7) is 3.25. The Hall–Kier alpha value is -1.81. The van der Waals surface area contributed by atoms with Gasteiger partial charge in [0.2, 0.25) is 10.0 Å². The number of aryl methyl sites for hydroxylation is 1. The number of carbonyl (C=O) groups excluding carboxylic acids is 2. The molecule has 0 aromatic heterocycles. The maximum absolute atomic E-state index is 13.3. The Bertz CT molecular complexity index is 791. The Morgan fingerprint density at radius 2 is 1.82 bits per heavy atom. The van der Waals surface area contributed by atoms with Gasteiger partial charge in [0, 0.05) is 19.6 Å². The summed E-state index contributed by atoms with van der Waals surface area (Å²) in [4.78, 5) is 24.3. The van der Waals surface area contributed by atoms with Crippen molar-refractivity contribution in [3.63, 3.8) is 0 Å². The maximum atomic E-state index is 13.3. The molecule has 1 aliphatic rings. The van der Waals surface area contributed by atoms with Gasteiger partial charge >= 0.3 is 5.97 Å². The van der Waals surface area contributed by atoms with Gasteiger partial charge < -0.3 is 14.2 Å². The van der Waals surface area contributed by atoms with Crippen LogP contribution in [0.2, 0.25) is 0 Å². The van der Waals surface area contributed by atoms with Crippen molar-refractivity contribution in [2.24, 2.45) is 11.8 Å². The molecule has 1 aliphatic heterocycles. The number of carbonyl (C=O) groups is 2. The van der Waals surface area contributed by atoms with Gasteiger partial charge in [-0.05, 0) is 31.9 Å². The van der Waals surface area contributed by atoms with E-state index in [2.05, 4.69) is 0 Å². The fourth-order valence-electron chi connectivity index (χ4n) is 3.51. The number of esters is 1. The number of Topliss-reactive ketones (excluding diaryl/α,β-unsaturated/α-hetero) is 1. The number of nitrogens with zero attached hydrogens (tertiary/aromatic N) is 1. The van der Waals surface area contributed by atoms with Crippen molar-refractivity contribution in [2.45, 2.75) is 31.2 Å². The number of ether oxygens (including phenoxy) is 3. The molecule has 0 amide bonds. The van der Waals surface area contributed by atoms with E-state index < -0.39 is 33.9 Å². The van der Waals surface area contributed by atoms with Gasteiger partial charge in [0.15, 0.2) is 0 Å². The topological polar surface area (TPSA) is 99.2 Å². The highest BCUT2D eigenvalue weighted by Crippen LogP contribution is 2.37. The van der Waals surface area contributed by atoms with Crippen molar-refractivity contribution in [1.82, 2.24) is 4.31 Å². The third-order valence-electron chi connectivity index (χ3n) is 5.03. The van der Waals surface area contributed by atoms with Crippen LogP contribution in [0.3, 0.4) is 0 Å². The van der Waals surface area contributed by atoms with Crippen LogP contribution in [0, 0.1) is 18.8 Å². The predicted molar refractivity (Wildman–Crippen MR) is 101 cm³/mol. The average molecular weight is 413 g/mol.